The summed E-state index contributed by atoms with van der Waals surface area (Å²) >= 11 is 1.55. The van der Waals surface area contributed by atoms with Gasteiger partial charge < -0.3 is 24.8 Å². The summed E-state index contributed by atoms with van der Waals surface area (Å²) in [5, 5.41) is 0. The van der Waals surface area contributed by atoms with Crippen molar-refractivity contribution in [3.05, 3.63) is 52.5 Å². The van der Waals surface area contributed by atoms with Crippen LogP contribution in [-0.2, 0) is 24.2 Å². The van der Waals surface area contributed by atoms with E-state index in [4.69, 9.17) is 0 Å². The van der Waals surface area contributed by atoms with Crippen molar-refractivity contribution in [3.8, 4) is 0 Å². The summed E-state index contributed by atoms with van der Waals surface area (Å²) in [4.78, 5) is 0. The molecule has 0 bridgehead atoms. The van der Waals surface area contributed by atoms with Gasteiger partial charge in [-0.15, -0.1) is 18.4 Å². The van der Waals surface area contributed by atoms with E-state index in [1.807, 2.05) is 0 Å². The molecule has 0 saturated heterocycles. The summed E-state index contributed by atoms with van der Waals surface area (Å²) < 4.78 is 1.51. The predicted molar refractivity (Wildman–Crippen MR) is 112 cm³/mol. The Bertz CT molecular complexity index is 608. The molecule has 4 rings (SSSR count). The SMILES string of the molecule is CC(C)(C)C1=CC[C-]=C1.C[C](C)=[Zr+2].[CH-]1CCCC2=C1CC1=C2CCCC1.[Cl-].[Cl-]. The second-order valence-corrected chi connectivity index (χ2v) is 11.5. The van der Waals surface area contributed by atoms with Gasteiger partial charge in [-0.2, -0.15) is 17.2 Å². The molecule has 0 atom stereocenters. The van der Waals surface area contributed by atoms with Gasteiger partial charge in [0.05, 0.1) is 0 Å². The molecule has 0 aliphatic heterocycles. The van der Waals surface area contributed by atoms with E-state index in [1.165, 1.54) is 60.1 Å². The third-order valence-corrected chi connectivity index (χ3v) is 5.32. The van der Waals surface area contributed by atoms with Crippen LogP contribution in [0.1, 0.15) is 92.4 Å². The Morgan fingerprint density at radius 3 is 2.14 bits per heavy atom. The maximum atomic E-state index is 3.16. The van der Waals surface area contributed by atoms with Gasteiger partial charge in [-0.3, -0.25) is 6.08 Å². The Kier molecular flexibility index (Phi) is 13.5. The molecular formula is C25H36Cl2Zr-2. The molecule has 4 aliphatic rings. The molecule has 0 aromatic heterocycles. The van der Waals surface area contributed by atoms with Crippen LogP contribution in [0.25, 0.3) is 0 Å². The summed E-state index contributed by atoms with van der Waals surface area (Å²) in [6, 6.07) is 0. The Morgan fingerprint density at radius 1 is 1.00 bits per heavy atom. The van der Waals surface area contributed by atoms with Crippen LogP contribution >= 0.6 is 0 Å². The topological polar surface area (TPSA) is 0 Å². The molecule has 0 fully saturated rings. The Balaban J connectivity index is 0.000000432. The van der Waals surface area contributed by atoms with Gasteiger partial charge in [0.1, 0.15) is 0 Å². The molecular weight excluding hydrogens is 462 g/mol. The van der Waals surface area contributed by atoms with Crippen LogP contribution in [0.5, 0.6) is 0 Å². The van der Waals surface area contributed by atoms with Crippen molar-refractivity contribution < 1.29 is 49.0 Å². The van der Waals surface area contributed by atoms with Gasteiger partial charge in [0.2, 0.25) is 0 Å². The first-order chi connectivity index (χ1) is 12.3. The summed E-state index contributed by atoms with van der Waals surface area (Å²) in [6.45, 7) is 10.9. The molecule has 0 amide bonds. The third kappa shape index (κ3) is 8.89. The molecule has 3 heteroatoms. The van der Waals surface area contributed by atoms with Crippen LogP contribution in [0.4, 0.5) is 0 Å². The molecule has 0 saturated carbocycles. The average molecular weight is 499 g/mol. The van der Waals surface area contributed by atoms with E-state index >= 15 is 0 Å². The minimum atomic E-state index is 0. The second kappa shape index (κ2) is 13.5. The molecule has 0 aromatic carbocycles. The summed E-state index contributed by atoms with van der Waals surface area (Å²) in [7, 11) is 0. The normalized spacial score (nSPS) is 19.5. The first-order valence-corrected chi connectivity index (χ1v) is 11.6. The predicted octanol–water partition coefficient (Wildman–Crippen LogP) is 1.42. The van der Waals surface area contributed by atoms with Crippen molar-refractivity contribution >= 4 is 3.21 Å². The van der Waals surface area contributed by atoms with Crippen molar-refractivity contribution in [1.29, 1.82) is 0 Å². The van der Waals surface area contributed by atoms with Crippen molar-refractivity contribution in [2.75, 3.05) is 0 Å². The van der Waals surface area contributed by atoms with Crippen molar-refractivity contribution in [3.63, 3.8) is 0 Å². The van der Waals surface area contributed by atoms with Gasteiger partial charge in [-0.05, 0) is 25.7 Å². The first kappa shape index (κ1) is 28.2. The second-order valence-electron chi connectivity index (χ2n) is 9.03. The van der Waals surface area contributed by atoms with Gasteiger partial charge in [-0.1, -0.05) is 51.0 Å². The maximum absolute atomic E-state index is 3.16. The largest absolute Gasteiger partial charge is 1.00 e. The van der Waals surface area contributed by atoms with E-state index in [0.717, 1.165) is 6.42 Å². The minimum Gasteiger partial charge on any atom is -1.00 e. The van der Waals surface area contributed by atoms with E-state index in [0.29, 0.717) is 5.41 Å². The molecule has 0 radical (unpaired) electrons. The van der Waals surface area contributed by atoms with Crippen LogP contribution in [0.15, 0.2) is 40.0 Å². The molecule has 156 valence electrons. The van der Waals surface area contributed by atoms with E-state index < -0.39 is 0 Å². The molecule has 0 unspecified atom stereocenters. The molecule has 4 aliphatic carbocycles. The van der Waals surface area contributed by atoms with Crippen molar-refractivity contribution in [2.45, 2.75) is 92.4 Å². The van der Waals surface area contributed by atoms with Crippen LogP contribution in [-0.4, -0.2) is 3.21 Å². The standard InChI is InChI=1S/C13H17.C9H13.C3H6.2ClH.Zr/c1-3-7-12-10(5-1)9-11-6-2-4-8-13(11)12;1-9(2,3)8-6-4-5-7-8;1-3-2;;;/h5H,1-4,6-9H2;6-7H,4H2,1-3H3;1-2H3;2*1H;/q2*-1;;;;+2/p-2. The summed E-state index contributed by atoms with van der Waals surface area (Å²) in [5.41, 5.74) is 8.80. The van der Waals surface area contributed by atoms with Crippen molar-refractivity contribution in [1.82, 2.24) is 0 Å². The first-order valence-electron chi connectivity index (χ1n) is 10.3. The number of hydrogen-bond acceptors (Lipinski definition) is 0. The van der Waals surface area contributed by atoms with E-state index in [1.54, 1.807) is 46.5 Å². The fourth-order valence-corrected chi connectivity index (χ4v) is 4.04. The van der Waals surface area contributed by atoms with E-state index in [2.05, 4.69) is 59.3 Å². The molecule has 0 nitrogen and oxygen atoms in total. The fourth-order valence-electron chi connectivity index (χ4n) is 4.04. The molecule has 0 spiro atoms. The Labute approximate surface area is 201 Å². The zero-order chi connectivity index (χ0) is 19.2. The molecule has 28 heavy (non-hydrogen) atoms. The number of hydrogen-bond donors (Lipinski definition) is 0. The zero-order valence-electron chi connectivity index (χ0n) is 18.4. The number of rotatable bonds is 0. The molecule has 0 heterocycles. The minimum absolute atomic E-state index is 0. The number of fused-ring (bicyclic) bond motifs is 1. The molecule has 0 aromatic rings. The Morgan fingerprint density at radius 2 is 1.61 bits per heavy atom. The van der Waals surface area contributed by atoms with Gasteiger partial charge in [-0.25, -0.2) is 18.1 Å². The van der Waals surface area contributed by atoms with Crippen LogP contribution in [0, 0.1) is 17.9 Å². The summed E-state index contributed by atoms with van der Waals surface area (Å²) in [6.07, 6.45) is 22.1. The van der Waals surface area contributed by atoms with Gasteiger partial charge in [0.25, 0.3) is 0 Å². The summed E-state index contributed by atoms with van der Waals surface area (Å²) in [5.74, 6) is 0. The zero-order valence-corrected chi connectivity index (χ0v) is 22.3. The fraction of sp³-hybridized carbons (Fsp3) is 0.600. The van der Waals surface area contributed by atoms with E-state index in [9.17, 15) is 0 Å². The van der Waals surface area contributed by atoms with Crippen molar-refractivity contribution in [2.24, 2.45) is 5.41 Å². The average Bonchev–Trinajstić information content (AvgIpc) is 3.22. The number of halogens is 2. The molecule has 0 N–H and O–H groups in total. The quantitative estimate of drug-likeness (QED) is 0.444. The van der Waals surface area contributed by atoms with Crippen LogP contribution in [0.3, 0.4) is 0 Å². The van der Waals surface area contributed by atoms with Crippen LogP contribution < -0.4 is 24.8 Å². The van der Waals surface area contributed by atoms with Gasteiger partial charge in [0, 0.05) is 0 Å². The Hall–Kier alpha value is 0.163. The maximum Gasteiger partial charge on any atom is -0.0327 e. The van der Waals surface area contributed by atoms with E-state index in [-0.39, 0.29) is 24.8 Å². The monoisotopic (exact) mass is 496 g/mol. The third-order valence-electron chi connectivity index (χ3n) is 5.32. The van der Waals surface area contributed by atoms with Crippen LogP contribution in [0.2, 0.25) is 0 Å². The number of allylic oxidation sites excluding steroid dienone is 8. The smallest absolute Gasteiger partial charge is 0.0327 e. The van der Waals surface area contributed by atoms with Gasteiger partial charge in [0.15, 0.2) is 0 Å². The van der Waals surface area contributed by atoms with Gasteiger partial charge >= 0.3 is 41.3 Å².